The smallest absolute Gasteiger partial charge is 0.408 e. The van der Waals surface area contributed by atoms with Gasteiger partial charge in [-0.15, -0.1) is 0 Å². The summed E-state index contributed by atoms with van der Waals surface area (Å²) in [5.41, 5.74) is 2.25. The summed E-state index contributed by atoms with van der Waals surface area (Å²) >= 11 is 2.13. The van der Waals surface area contributed by atoms with Gasteiger partial charge in [0.2, 0.25) is 0 Å². The molecule has 100 valence electrons. The molecule has 0 amide bonds. The summed E-state index contributed by atoms with van der Waals surface area (Å²) in [6.45, 7) is 0. The zero-order valence-corrected chi connectivity index (χ0v) is 12.7. The minimum atomic E-state index is -0.432. The number of nitrogens with zero attached hydrogens (tertiary/aromatic N) is 1. The summed E-state index contributed by atoms with van der Waals surface area (Å²) in [7, 11) is 1.63. The van der Waals surface area contributed by atoms with Crippen molar-refractivity contribution in [3.8, 4) is 0 Å². The molecule has 20 heavy (non-hydrogen) atoms. The van der Waals surface area contributed by atoms with Crippen LogP contribution in [0.2, 0.25) is 0 Å². The van der Waals surface area contributed by atoms with Crippen molar-refractivity contribution < 1.29 is 9.21 Å². The third-order valence-electron chi connectivity index (χ3n) is 3.17. The molecular formula is C15H10INO3. The van der Waals surface area contributed by atoms with E-state index in [4.69, 9.17) is 4.42 Å². The summed E-state index contributed by atoms with van der Waals surface area (Å²) < 4.78 is 7.41. The van der Waals surface area contributed by atoms with Gasteiger partial charge in [-0.1, -0.05) is 12.1 Å². The molecule has 0 radical (unpaired) electrons. The molecule has 2 aromatic carbocycles. The topological polar surface area (TPSA) is 52.2 Å². The van der Waals surface area contributed by atoms with Crippen LogP contribution in [0.5, 0.6) is 0 Å². The predicted octanol–water partition coefficient (Wildman–Crippen LogP) is 2.97. The van der Waals surface area contributed by atoms with Crippen LogP contribution in [0.3, 0.4) is 0 Å². The number of rotatable bonds is 2. The highest BCUT2D eigenvalue weighted by Crippen LogP contribution is 2.20. The van der Waals surface area contributed by atoms with Gasteiger partial charge in [-0.25, -0.2) is 4.79 Å². The van der Waals surface area contributed by atoms with Crippen LogP contribution in [-0.2, 0) is 7.05 Å². The van der Waals surface area contributed by atoms with Crippen LogP contribution in [0.4, 0.5) is 0 Å². The van der Waals surface area contributed by atoms with Crippen LogP contribution in [0, 0.1) is 3.57 Å². The van der Waals surface area contributed by atoms with Crippen molar-refractivity contribution in [1.82, 2.24) is 4.57 Å². The quantitative estimate of drug-likeness (QED) is 0.508. The van der Waals surface area contributed by atoms with Crippen molar-refractivity contribution in [2.45, 2.75) is 0 Å². The second-order valence-electron chi connectivity index (χ2n) is 4.42. The fourth-order valence-corrected chi connectivity index (χ4v) is 2.71. The van der Waals surface area contributed by atoms with E-state index >= 15 is 0 Å². The lowest BCUT2D eigenvalue weighted by Gasteiger charge is -2.03. The van der Waals surface area contributed by atoms with E-state index in [2.05, 4.69) is 22.6 Å². The first-order valence-corrected chi connectivity index (χ1v) is 7.04. The molecule has 0 fully saturated rings. The normalized spacial score (nSPS) is 10.9. The minimum Gasteiger partial charge on any atom is -0.408 e. The molecule has 1 heterocycles. The number of fused-ring (bicyclic) bond motifs is 1. The maximum atomic E-state index is 12.5. The lowest BCUT2D eigenvalue weighted by molar-refractivity contribution is 0.103. The Bertz CT molecular complexity index is 876. The number of benzene rings is 2. The van der Waals surface area contributed by atoms with Gasteiger partial charge in [-0.05, 0) is 52.9 Å². The van der Waals surface area contributed by atoms with E-state index in [9.17, 15) is 9.59 Å². The largest absolute Gasteiger partial charge is 0.419 e. The third kappa shape index (κ3) is 2.07. The van der Waals surface area contributed by atoms with Crippen molar-refractivity contribution in [1.29, 1.82) is 0 Å². The summed E-state index contributed by atoms with van der Waals surface area (Å²) in [5.74, 6) is -0.512. The lowest BCUT2D eigenvalue weighted by Crippen LogP contribution is -2.08. The Balaban J connectivity index is 2.13. The highest BCUT2D eigenvalue weighted by atomic mass is 127. The standard InChI is InChI=1S/C15H10INO3/c1-17-12-7-6-9(8-13(12)20-15(17)19)14(18)10-4-2-3-5-11(10)16/h2-8H,1H3. The third-order valence-corrected chi connectivity index (χ3v) is 4.11. The van der Waals surface area contributed by atoms with Gasteiger partial charge in [0, 0.05) is 21.7 Å². The van der Waals surface area contributed by atoms with E-state index in [0.717, 1.165) is 3.57 Å². The van der Waals surface area contributed by atoms with Crippen molar-refractivity contribution >= 4 is 39.5 Å². The van der Waals surface area contributed by atoms with Crippen LogP contribution < -0.4 is 5.76 Å². The summed E-state index contributed by atoms with van der Waals surface area (Å²) in [5, 5.41) is 0. The van der Waals surface area contributed by atoms with Crippen molar-refractivity contribution in [2.24, 2.45) is 7.05 Å². The molecular weight excluding hydrogens is 369 g/mol. The zero-order chi connectivity index (χ0) is 14.3. The van der Waals surface area contributed by atoms with Crippen LogP contribution in [-0.4, -0.2) is 10.4 Å². The first kappa shape index (κ1) is 13.1. The minimum absolute atomic E-state index is 0.0802. The molecule has 0 saturated carbocycles. The molecule has 1 aromatic heterocycles. The Morgan fingerprint density at radius 1 is 1.20 bits per heavy atom. The number of aryl methyl sites for hydroxylation is 1. The summed E-state index contributed by atoms with van der Waals surface area (Å²) in [6, 6.07) is 12.4. The van der Waals surface area contributed by atoms with E-state index < -0.39 is 5.76 Å². The molecule has 0 spiro atoms. The van der Waals surface area contributed by atoms with E-state index in [-0.39, 0.29) is 5.78 Å². The Hall–Kier alpha value is -1.89. The van der Waals surface area contributed by atoms with E-state index in [1.54, 1.807) is 31.3 Å². The lowest BCUT2D eigenvalue weighted by atomic mass is 10.0. The maximum Gasteiger partial charge on any atom is 0.419 e. The fraction of sp³-hybridized carbons (Fsp3) is 0.0667. The van der Waals surface area contributed by atoms with Gasteiger partial charge in [-0.2, -0.15) is 0 Å². The van der Waals surface area contributed by atoms with E-state index in [0.29, 0.717) is 22.2 Å². The molecule has 5 heteroatoms. The highest BCUT2D eigenvalue weighted by molar-refractivity contribution is 14.1. The van der Waals surface area contributed by atoms with Gasteiger partial charge in [0.25, 0.3) is 0 Å². The van der Waals surface area contributed by atoms with Crippen molar-refractivity contribution in [3.05, 3.63) is 67.7 Å². The Kier molecular flexibility index (Phi) is 3.21. The number of halogens is 1. The zero-order valence-electron chi connectivity index (χ0n) is 10.6. The number of aromatic nitrogens is 1. The number of ketones is 1. The number of hydrogen-bond acceptors (Lipinski definition) is 3. The van der Waals surface area contributed by atoms with E-state index in [1.165, 1.54) is 4.57 Å². The van der Waals surface area contributed by atoms with Crippen LogP contribution >= 0.6 is 22.6 Å². The van der Waals surface area contributed by atoms with Gasteiger partial charge in [-0.3, -0.25) is 9.36 Å². The molecule has 0 aliphatic heterocycles. The molecule has 0 aliphatic carbocycles. The van der Waals surface area contributed by atoms with Crippen LogP contribution in [0.15, 0.2) is 51.7 Å². The SMILES string of the molecule is Cn1c(=O)oc2cc(C(=O)c3ccccc3I)ccc21. The first-order chi connectivity index (χ1) is 9.58. The molecule has 0 N–H and O–H groups in total. The summed E-state index contributed by atoms with van der Waals surface area (Å²) in [4.78, 5) is 23.9. The molecule has 0 saturated heterocycles. The van der Waals surface area contributed by atoms with Gasteiger partial charge < -0.3 is 4.42 Å². The second-order valence-corrected chi connectivity index (χ2v) is 5.58. The fourth-order valence-electron chi connectivity index (χ4n) is 2.08. The van der Waals surface area contributed by atoms with Gasteiger partial charge in [0.15, 0.2) is 11.4 Å². The number of oxazole rings is 1. The van der Waals surface area contributed by atoms with Crippen molar-refractivity contribution in [2.75, 3.05) is 0 Å². The first-order valence-electron chi connectivity index (χ1n) is 5.97. The molecule has 0 bridgehead atoms. The number of hydrogen-bond donors (Lipinski definition) is 0. The average Bonchev–Trinajstić information content (AvgIpc) is 2.73. The highest BCUT2D eigenvalue weighted by Gasteiger charge is 2.14. The Morgan fingerprint density at radius 3 is 2.70 bits per heavy atom. The molecule has 3 rings (SSSR count). The van der Waals surface area contributed by atoms with E-state index in [1.807, 2.05) is 18.2 Å². The molecule has 0 atom stereocenters. The average molecular weight is 379 g/mol. The van der Waals surface area contributed by atoms with Crippen LogP contribution in [0.25, 0.3) is 11.1 Å². The van der Waals surface area contributed by atoms with Gasteiger partial charge >= 0.3 is 5.76 Å². The summed E-state index contributed by atoms with van der Waals surface area (Å²) in [6.07, 6.45) is 0. The molecule has 4 nitrogen and oxygen atoms in total. The molecule has 0 unspecified atom stereocenters. The second kappa shape index (κ2) is 4.90. The van der Waals surface area contributed by atoms with Gasteiger partial charge in [0.1, 0.15) is 0 Å². The Morgan fingerprint density at radius 2 is 1.95 bits per heavy atom. The van der Waals surface area contributed by atoms with Gasteiger partial charge in [0.05, 0.1) is 5.52 Å². The van der Waals surface area contributed by atoms with Crippen LogP contribution in [0.1, 0.15) is 15.9 Å². The number of carbonyl (C=O) groups excluding carboxylic acids is 1. The Labute approximate surface area is 128 Å². The monoisotopic (exact) mass is 379 g/mol. The molecule has 0 aliphatic rings. The number of carbonyl (C=O) groups is 1. The molecule has 3 aromatic rings. The van der Waals surface area contributed by atoms with Crippen molar-refractivity contribution in [3.63, 3.8) is 0 Å². The predicted molar refractivity (Wildman–Crippen MR) is 84.0 cm³/mol. The maximum absolute atomic E-state index is 12.5.